The van der Waals surface area contributed by atoms with Crippen LogP contribution in [0.15, 0.2) is 164 Å². The molecule has 0 aliphatic heterocycles. The van der Waals surface area contributed by atoms with Gasteiger partial charge in [0, 0.05) is 92.7 Å². The Morgan fingerprint density at radius 1 is 0.394 bits per heavy atom. The maximum Gasteiger partial charge on any atom is 0.435 e. The van der Waals surface area contributed by atoms with Crippen LogP contribution in [-0.2, 0) is 18.5 Å². The lowest BCUT2D eigenvalue weighted by atomic mass is 10.1. The van der Waals surface area contributed by atoms with Crippen LogP contribution in [0.4, 0.5) is 62.3 Å². The summed E-state index contributed by atoms with van der Waals surface area (Å²) in [5, 5.41) is 36.3. The number of pyridine rings is 4. The van der Waals surface area contributed by atoms with E-state index in [1.807, 2.05) is 20.8 Å². The molecule has 0 atom stereocenters. The number of alkyl halides is 9. The van der Waals surface area contributed by atoms with Crippen LogP contribution >= 0.6 is 133 Å². The van der Waals surface area contributed by atoms with E-state index in [1.54, 1.807) is 71.9 Å². The summed E-state index contributed by atoms with van der Waals surface area (Å²) in [5.41, 5.74) is -2.99. The number of hydrogen-bond acceptors (Lipinski definition) is 16. The van der Waals surface area contributed by atoms with Crippen LogP contribution in [0, 0.1) is 20.8 Å². The molecule has 8 amide bonds. The van der Waals surface area contributed by atoms with Crippen LogP contribution in [0.3, 0.4) is 0 Å². The summed E-state index contributed by atoms with van der Waals surface area (Å²) in [6, 6.07) is 27.4. The number of halogens is 19. The Hall–Kier alpha value is -10.9. The lowest BCUT2D eigenvalue weighted by molar-refractivity contribution is -0.142. The summed E-state index contributed by atoms with van der Waals surface area (Å²) in [5.74, 6) is -5.37. The van der Waals surface area contributed by atoms with E-state index in [9.17, 15) is 77.9 Å². The summed E-state index contributed by atoms with van der Waals surface area (Å²) in [6.45, 7) is 16.1. The van der Waals surface area contributed by atoms with Gasteiger partial charge in [-0.05, 0) is 192 Å². The summed E-state index contributed by atoms with van der Waals surface area (Å²) in [4.78, 5) is 119. The van der Waals surface area contributed by atoms with Gasteiger partial charge in [-0.1, -0.05) is 117 Å². The van der Waals surface area contributed by atoms with Crippen LogP contribution in [0.5, 0.6) is 0 Å². The van der Waals surface area contributed by atoms with Crippen molar-refractivity contribution in [2.45, 2.75) is 92.4 Å². The molecule has 0 fully saturated rings. The van der Waals surface area contributed by atoms with E-state index in [1.165, 1.54) is 109 Å². The molecule has 47 heteroatoms. The summed E-state index contributed by atoms with van der Waals surface area (Å²) >= 11 is 50.0. The molecule has 12 aromatic rings. The summed E-state index contributed by atoms with van der Waals surface area (Å²) < 4.78 is 126. The smallest absolute Gasteiger partial charge is 0.355 e. The topological polar surface area (TPSA) is 356 Å². The molecule has 8 aromatic heterocycles. The van der Waals surface area contributed by atoms with Crippen molar-refractivity contribution in [2.24, 2.45) is 0 Å². The number of carbonyl (C=O) groups is 8. The number of benzene rings is 4. The quantitative estimate of drug-likeness (QED) is 0.0370. The lowest BCUT2D eigenvalue weighted by Gasteiger charge is -2.22. The molecule has 0 unspecified atom stereocenters. The average Bonchev–Trinajstić information content (AvgIpc) is 1.66. The minimum absolute atomic E-state index is 0.000182. The van der Waals surface area contributed by atoms with Crippen molar-refractivity contribution < 1.29 is 77.9 Å². The van der Waals surface area contributed by atoms with Gasteiger partial charge in [-0.2, -0.15) is 59.9 Å². The minimum Gasteiger partial charge on any atom is -0.355 e. The second-order valence-electron chi connectivity index (χ2n) is 27.8. The fraction of sp³-hybridized carbons (Fsp3) is 0.200. The second kappa shape index (κ2) is 41.9. The molecular weight excluding hydrogens is 2070 g/mol. The zero-order valence-corrected chi connectivity index (χ0v) is 77.8. The number of aryl methyl sites for hydroxylation is 3. The van der Waals surface area contributed by atoms with E-state index in [0.717, 1.165) is 9.36 Å². The number of carbonyl (C=O) groups excluding carboxylic acids is 8. The Labute approximate surface area is 779 Å². The average molecular weight is 2140 g/mol. The van der Waals surface area contributed by atoms with Gasteiger partial charge in [-0.15, -0.1) is 0 Å². The van der Waals surface area contributed by atoms with Crippen LogP contribution in [-0.4, -0.2) is 131 Å². The zero-order chi connectivity index (χ0) is 94.0. The third-order valence-corrected chi connectivity index (χ3v) is 20.2. The van der Waals surface area contributed by atoms with E-state index >= 15 is 0 Å². The third kappa shape index (κ3) is 25.3. The number of aromatic nitrogens is 12. The monoisotopic (exact) mass is 2130 g/mol. The Morgan fingerprint density at radius 2 is 0.701 bits per heavy atom. The molecule has 28 nitrogen and oxygen atoms in total. The predicted molar refractivity (Wildman–Crippen MR) is 474 cm³/mol. The standard InChI is InChI=1S/C21H18BrClF3N5O2.C20H17BrCl3N5O2.C20H16BrClF3N5O2.C19H14BrClF3N5O2/c1-10(2)28-19(32)13-8-12(22)7-11(3)17(13)29-20(33)15-9-16(21(24,25)26)30-31(15)18-14(23)5-4-6-27-18;1-20(2,3)27-18(30)11-7-10(22)8-13(24)16(11)26-19(31)14-9-15(21)28-29(14)17-12(23)5-4-6-25-17;1-3-26-18(31)12-8-11(21)7-10(2)16(12)28-19(32)14-9-15(20(23,24)25)29-30(14)17-13(22)5-4-6-27-17;1-9-6-10(20)7-11(17(30)25-2)15(9)27-18(31)13-8-14(19(22,23)24)28-29(13)16-12(21)4-3-5-26-16/h4-10H,1-3H3,(H,28,32)(H,29,33);4-9H,1-3H3,(H,26,31)(H,27,30);4-9H,3H2,1-2H3,(H,26,31)(H,28,32);3-8H,1-2H3,(H,25,30)(H,27,31). The molecule has 0 aliphatic carbocycles. The molecule has 666 valence electrons. The van der Waals surface area contributed by atoms with Crippen molar-refractivity contribution >= 4 is 203 Å². The van der Waals surface area contributed by atoms with Crippen molar-refractivity contribution in [3.05, 3.63) is 273 Å². The van der Waals surface area contributed by atoms with Crippen molar-refractivity contribution in [2.75, 3.05) is 34.9 Å². The SMILES string of the molecule is CC(C)(C)NC(=O)c1cc(Cl)cc(Cl)c1NC(=O)c1cc(Br)nn1-c1ncccc1Cl.CCNC(=O)c1cc(Br)cc(C)c1NC(=O)c1cc(C(F)(F)F)nn1-c1ncccc1Cl.CNC(=O)c1cc(Br)cc(C)c1NC(=O)c1cc(C(F)(F)F)nn1-c1ncccc1Cl.Cc1cc(Br)cc(C(=O)NC(C)C)c1NC(=O)c1cc(C(F)(F)F)nn1-c1ncccc1Cl. The van der Waals surface area contributed by atoms with Gasteiger partial charge in [-0.3, -0.25) is 38.4 Å². The first-order chi connectivity index (χ1) is 59.4. The molecule has 0 radical (unpaired) electrons. The van der Waals surface area contributed by atoms with Gasteiger partial charge >= 0.3 is 18.5 Å². The molecule has 4 aromatic carbocycles. The highest BCUT2D eigenvalue weighted by Gasteiger charge is 2.41. The zero-order valence-electron chi connectivity index (χ0n) is 67.0. The van der Waals surface area contributed by atoms with Gasteiger partial charge in [0.05, 0.1) is 70.1 Å². The van der Waals surface area contributed by atoms with Crippen molar-refractivity contribution in [1.82, 2.24) is 80.3 Å². The van der Waals surface area contributed by atoms with E-state index in [-0.39, 0.29) is 105 Å². The van der Waals surface area contributed by atoms with Gasteiger partial charge in [0.1, 0.15) is 27.4 Å². The molecule has 127 heavy (non-hydrogen) atoms. The first kappa shape index (κ1) is 99.9. The highest BCUT2D eigenvalue weighted by atomic mass is 79.9. The molecule has 8 heterocycles. The molecular formula is C80H65Br4Cl6F9N20O8. The minimum atomic E-state index is -4.81. The van der Waals surface area contributed by atoms with Gasteiger partial charge in [0.15, 0.2) is 40.4 Å². The Morgan fingerprint density at radius 3 is 1.01 bits per heavy atom. The number of hydrogen-bond donors (Lipinski definition) is 8. The Bertz CT molecular complexity index is 6260. The number of nitrogens with one attached hydrogen (secondary N) is 8. The molecule has 8 N–H and O–H groups in total. The number of amides is 8. The largest absolute Gasteiger partial charge is 0.435 e. The van der Waals surface area contributed by atoms with Crippen molar-refractivity contribution in [3.8, 4) is 23.3 Å². The first-order valence-electron chi connectivity index (χ1n) is 36.4. The number of nitrogens with zero attached hydrogens (tertiary/aromatic N) is 12. The fourth-order valence-corrected chi connectivity index (χ4v) is 14.8. The van der Waals surface area contributed by atoms with Crippen LogP contribution in [0.1, 0.15) is 159 Å². The van der Waals surface area contributed by atoms with Crippen molar-refractivity contribution in [3.63, 3.8) is 0 Å². The first-order valence-corrected chi connectivity index (χ1v) is 41.8. The van der Waals surface area contributed by atoms with E-state index in [2.05, 4.69) is 147 Å². The predicted octanol–water partition coefficient (Wildman–Crippen LogP) is 20.8. The maximum atomic E-state index is 13.4. The molecule has 0 bridgehead atoms. The van der Waals surface area contributed by atoms with E-state index in [4.69, 9.17) is 69.6 Å². The fourth-order valence-electron chi connectivity index (χ4n) is 11.3. The summed E-state index contributed by atoms with van der Waals surface area (Å²) in [6.07, 6.45) is -8.96. The third-order valence-electron chi connectivity index (χ3n) is 16.7. The Balaban J connectivity index is 0.000000191. The van der Waals surface area contributed by atoms with E-state index < -0.39 is 105 Å². The summed E-state index contributed by atoms with van der Waals surface area (Å²) in [7, 11) is 1.41. The van der Waals surface area contributed by atoms with E-state index in [0.29, 0.717) is 69.2 Å². The number of anilines is 4. The van der Waals surface area contributed by atoms with Gasteiger partial charge in [-0.25, -0.2) is 38.7 Å². The lowest BCUT2D eigenvalue weighted by Crippen LogP contribution is -2.41. The molecule has 0 saturated carbocycles. The number of rotatable bonds is 18. The Kier molecular flexibility index (Phi) is 33.0. The molecule has 0 spiro atoms. The highest BCUT2D eigenvalue weighted by Crippen LogP contribution is 2.39. The van der Waals surface area contributed by atoms with Gasteiger partial charge in [0.2, 0.25) is 0 Å². The van der Waals surface area contributed by atoms with Crippen molar-refractivity contribution in [1.29, 1.82) is 0 Å². The second-order valence-corrected chi connectivity index (χ2v) is 33.8. The normalized spacial score (nSPS) is 11.4. The van der Waals surface area contributed by atoms with Crippen LogP contribution < -0.4 is 42.5 Å². The van der Waals surface area contributed by atoms with Crippen LogP contribution in [0.2, 0.25) is 30.1 Å². The van der Waals surface area contributed by atoms with Gasteiger partial charge in [0.25, 0.3) is 47.3 Å². The molecule has 0 saturated heterocycles. The molecule has 0 aliphatic rings. The van der Waals surface area contributed by atoms with Gasteiger partial charge < -0.3 is 42.5 Å². The highest BCUT2D eigenvalue weighted by molar-refractivity contribution is 9.11. The van der Waals surface area contributed by atoms with Crippen LogP contribution in [0.25, 0.3) is 23.3 Å². The maximum absolute atomic E-state index is 13.4. The molecule has 12 rings (SSSR count).